The molecule has 0 amide bonds. The van der Waals surface area contributed by atoms with Gasteiger partial charge in [0.2, 0.25) is 0 Å². The molecule has 0 atom stereocenters. The summed E-state index contributed by atoms with van der Waals surface area (Å²) in [6.45, 7) is 3.81. The highest BCUT2D eigenvalue weighted by molar-refractivity contribution is 9.10. The third-order valence-corrected chi connectivity index (χ3v) is 3.14. The Kier molecular flexibility index (Phi) is 4.99. The number of hydrogen-bond acceptors (Lipinski definition) is 3. The van der Waals surface area contributed by atoms with Crippen LogP contribution < -0.4 is 10.1 Å². The van der Waals surface area contributed by atoms with Crippen molar-refractivity contribution in [3.63, 3.8) is 0 Å². The lowest BCUT2D eigenvalue weighted by atomic mass is 10.2. The molecule has 1 aromatic carbocycles. The zero-order chi connectivity index (χ0) is 13.7. The monoisotopic (exact) mass is 327 g/mol. The van der Waals surface area contributed by atoms with Crippen molar-refractivity contribution in [3.05, 3.63) is 52.1 Å². The maximum absolute atomic E-state index is 13.5. The predicted molar refractivity (Wildman–Crippen MR) is 74.5 cm³/mol. The van der Waals surface area contributed by atoms with E-state index in [1.54, 1.807) is 18.4 Å². The summed E-state index contributed by atoms with van der Waals surface area (Å²) in [6.07, 6.45) is 1.61. The average molecular weight is 328 g/mol. The van der Waals surface area contributed by atoms with Crippen LogP contribution in [0.2, 0.25) is 0 Å². The first-order chi connectivity index (χ1) is 9.20. The van der Waals surface area contributed by atoms with Gasteiger partial charge in [-0.25, -0.2) is 4.39 Å². The molecule has 19 heavy (non-hydrogen) atoms. The van der Waals surface area contributed by atoms with Gasteiger partial charge in [-0.15, -0.1) is 0 Å². The maximum Gasteiger partial charge on any atom is 0.165 e. The summed E-state index contributed by atoms with van der Waals surface area (Å²) < 4.78 is 25.2. The summed E-state index contributed by atoms with van der Waals surface area (Å²) in [6, 6.07) is 6.45. The van der Waals surface area contributed by atoms with Crippen LogP contribution in [0.3, 0.4) is 0 Å². The first kappa shape index (κ1) is 14.1. The molecule has 0 fully saturated rings. The summed E-state index contributed by atoms with van der Waals surface area (Å²) in [5.41, 5.74) is 0.917. The molecule has 2 rings (SSSR count). The second kappa shape index (κ2) is 6.73. The molecule has 0 unspecified atom stereocenters. The lowest BCUT2D eigenvalue weighted by molar-refractivity contribution is 0.286. The van der Waals surface area contributed by atoms with Gasteiger partial charge in [-0.05, 0) is 30.8 Å². The van der Waals surface area contributed by atoms with Crippen molar-refractivity contribution in [3.8, 4) is 5.75 Å². The van der Waals surface area contributed by atoms with Gasteiger partial charge in [0.05, 0.1) is 12.8 Å². The first-order valence-electron chi connectivity index (χ1n) is 6.04. The minimum absolute atomic E-state index is 0.227. The molecule has 1 heterocycles. The van der Waals surface area contributed by atoms with E-state index in [4.69, 9.17) is 9.15 Å². The van der Waals surface area contributed by atoms with Crippen LogP contribution in [0.4, 0.5) is 4.39 Å². The molecule has 0 radical (unpaired) electrons. The standard InChI is InChI=1S/C14H15BrFNO2/c1-2-17-8-14-10(5-6-18-14)9-19-13-7-11(15)3-4-12(13)16/h3-7,17H,2,8-9H2,1H3. The van der Waals surface area contributed by atoms with Crippen molar-refractivity contribution >= 4 is 15.9 Å². The molecule has 5 heteroatoms. The number of halogens is 2. The average Bonchev–Trinajstić information content (AvgIpc) is 2.85. The Morgan fingerprint density at radius 2 is 2.21 bits per heavy atom. The molecular weight excluding hydrogens is 313 g/mol. The van der Waals surface area contributed by atoms with Crippen molar-refractivity contribution in [2.45, 2.75) is 20.1 Å². The summed E-state index contributed by atoms with van der Waals surface area (Å²) in [7, 11) is 0. The van der Waals surface area contributed by atoms with Crippen LogP contribution in [0.1, 0.15) is 18.2 Å². The highest BCUT2D eigenvalue weighted by Gasteiger charge is 2.09. The van der Waals surface area contributed by atoms with E-state index < -0.39 is 0 Å². The molecule has 1 aromatic heterocycles. The molecule has 102 valence electrons. The van der Waals surface area contributed by atoms with Gasteiger partial charge in [0.25, 0.3) is 0 Å². The van der Waals surface area contributed by atoms with E-state index in [0.717, 1.165) is 22.3 Å². The summed E-state index contributed by atoms with van der Waals surface area (Å²) in [5.74, 6) is 0.669. The summed E-state index contributed by atoms with van der Waals surface area (Å²) in [5, 5.41) is 3.18. The van der Waals surface area contributed by atoms with Crippen LogP contribution in [0.25, 0.3) is 0 Å². The number of nitrogens with one attached hydrogen (secondary N) is 1. The molecule has 3 nitrogen and oxygen atoms in total. The van der Waals surface area contributed by atoms with E-state index in [9.17, 15) is 4.39 Å². The molecule has 1 N–H and O–H groups in total. The summed E-state index contributed by atoms with van der Waals surface area (Å²) >= 11 is 3.29. The predicted octanol–water partition coefficient (Wildman–Crippen LogP) is 3.87. The van der Waals surface area contributed by atoms with E-state index in [-0.39, 0.29) is 18.2 Å². The summed E-state index contributed by atoms with van der Waals surface area (Å²) in [4.78, 5) is 0. The first-order valence-corrected chi connectivity index (χ1v) is 6.83. The van der Waals surface area contributed by atoms with Gasteiger partial charge in [-0.1, -0.05) is 22.9 Å². The minimum atomic E-state index is -0.375. The Morgan fingerprint density at radius 3 is 3.00 bits per heavy atom. The van der Waals surface area contributed by atoms with Crippen LogP contribution >= 0.6 is 15.9 Å². The van der Waals surface area contributed by atoms with Crippen molar-refractivity contribution in [2.75, 3.05) is 6.54 Å². The number of ether oxygens (including phenoxy) is 1. The Hall–Kier alpha value is -1.33. The van der Waals surface area contributed by atoms with Crippen LogP contribution in [-0.4, -0.2) is 6.54 Å². The lowest BCUT2D eigenvalue weighted by Gasteiger charge is -2.08. The number of benzene rings is 1. The van der Waals surface area contributed by atoms with Crippen LogP contribution in [0.15, 0.2) is 39.4 Å². The molecule has 2 aromatic rings. The second-order valence-corrected chi connectivity index (χ2v) is 4.93. The largest absolute Gasteiger partial charge is 0.486 e. The third-order valence-electron chi connectivity index (χ3n) is 2.65. The van der Waals surface area contributed by atoms with Gasteiger partial charge in [0, 0.05) is 10.0 Å². The van der Waals surface area contributed by atoms with E-state index in [0.29, 0.717) is 6.54 Å². The van der Waals surface area contributed by atoms with Crippen molar-refractivity contribution in [2.24, 2.45) is 0 Å². The fraction of sp³-hybridized carbons (Fsp3) is 0.286. The van der Waals surface area contributed by atoms with Gasteiger partial charge in [-0.2, -0.15) is 0 Å². The molecule has 0 spiro atoms. The maximum atomic E-state index is 13.5. The fourth-order valence-electron chi connectivity index (χ4n) is 1.63. The van der Waals surface area contributed by atoms with Gasteiger partial charge in [0.1, 0.15) is 12.4 Å². The van der Waals surface area contributed by atoms with E-state index in [1.807, 2.05) is 13.0 Å². The fourth-order valence-corrected chi connectivity index (χ4v) is 1.97. The van der Waals surface area contributed by atoms with Crippen LogP contribution in [0.5, 0.6) is 5.75 Å². The lowest BCUT2D eigenvalue weighted by Crippen LogP contribution is -2.12. The van der Waals surface area contributed by atoms with E-state index >= 15 is 0 Å². The molecule has 0 saturated carbocycles. The molecule has 0 bridgehead atoms. The Bertz CT molecular complexity index is 542. The number of rotatable bonds is 6. The second-order valence-electron chi connectivity index (χ2n) is 4.01. The zero-order valence-corrected chi connectivity index (χ0v) is 12.2. The van der Waals surface area contributed by atoms with Crippen molar-refractivity contribution in [1.29, 1.82) is 0 Å². The molecule has 0 aliphatic rings. The highest BCUT2D eigenvalue weighted by atomic mass is 79.9. The number of furan rings is 1. The van der Waals surface area contributed by atoms with Crippen LogP contribution in [-0.2, 0) is 13.2 Å². The molecule has 0 aliphatic heterocycles. The van der Waals surface area contributed by atoms with Gasteiger partial charge >= 0.3 is 0 Å². The van der Waals surface area contributed by atoms with Gasteiger partial charge in [0.15, 0.2) is 11.6 Å². The van der Waals surface area contributed by atoms with E-state index in [2.05, 4.69) is 21.2 Å². The minimum Gasteiger partial charge on any atom is -0.486 e. The molecule has 0 aliphatic carbocycles. The van der Waals surface area contributed by atoms with Gasteiger partial charge in [-0.3, -0.25) is 0 Å². The van der Waals surface area contributed by atoms with Crippen molar-refractivity contribution in [1.82, 2.24) is 5.32 Å². The smallest absolute Gasteiger partial charge is 0.165 e. The molecule has 0 saturated heterocycles. The van der Waals surface area contributed by atoms with Gasteiger partial charge < -0.3 is 14.5 Å². The Balaban J connectivity index is 2.02. The normalized spacial score (nSPS) is 10.7. The number of hydrogen-bond donors (Lipinski definition) is 1. The SMILES string of the molecule is CCNCc1occc1COc1cc(Br)ccc1F. The van der Waals surface area contributed by atoms with Crippen LogP contribution in [0, 0.1) is 5.82 Å². The van der Waals surface area contributed by atoms with E-state index in [1.165, 1.54) is 6.07 Å². The highest BCUT2D eigenvalue weighted by Crippen LogP contribution is 2.23. The quantitative estimate of drug-likeness (QED) is 0.874. The van der Waals surface area contributed by atoms with Crippen molar-refractivity contribution < 1.29 is 13.5 Å². The zero-order valence-electron chi connectivity index (χ0n) is 10.6. The third kappa shape index (κ3) is 3.81. The molecular formula is C14H15BrFNO2. The Morgan fingerprint density at radius 1 is 1.37 bits per heavy atom. The Labute approximate surface area is 119 Å². The topological polar surface area (TPSA) is 34.4 Å².